The van der Waals surface area contributed by atoms with Gasteiger partial charge in [0.1, 0.15) is 0 Å². The lowest BCUT2D eigenvalue weighted by molar-refractivity contribution is -0.159. The van der Waals surface area contributed by atoms with Gasteiger partial charge in [-0.1, -0.05) is 62.8 Å². The summed E-state index contributed by atoms with van der Waals surface area (Å²) in [7, 11) is 0. The molecule has 1 amide bonds. The second-order valence-corrected chi connectivity index (χ2v) is 10.5. The van der Waals surface area contributed by atoms with Gasteiger partial charge in [-0.15, -0.1) is 0 Å². The number of carbonyl (C=O) groups is 3. The fourth-order valence-corrected chi connectivity index (χ4v) is 6.23. The number of fused-ring (bicyclic) bond motifs is 1. The lowest BCUT2D eigenvalue weighted by Crippen LogP contribution is -2.48. The number of aliphatic carboxylic acids is 2. The van der Waals surface area contributed by atoms with E-state index in [-0.39, 0.29) is 18.6 Å². The maximum Gasteiger partial charge on any atom is 0.414 e. The Hall–Kier alpha value is -2.45. The first-order valence-electron chi connectivity index (χ1n) is 13.6. The van der Waals surface area contributed by atoms with Gasteiger partial charge in [0.05, 0.1) is 19.2 Å². The molecule has 8 nitrogen and oxygen atoms in total. The molecule has 3 N–H and O–H groups in total. The zero-order valence-corrected chi connectivity index (χ0v) is 21.3. The number of benzene rings is 1. The van der Waals surface area contributed by atoms with E-state index in [1.807, 2.05) is 0 Å². The van der Waals surface area contributed by atoms with Crippen molar-refractivity contribution < 1.29 is 29.7 Å². The molecule has 2 fully saturated rings. The highest BCUT2D eigenvalue weighted by atomic mass is 16.4. The number of carboxylic acids is 2. The fraction of sp³-hybridized carbons (Fsp3) is 0.679. The van der Waals surface area contributed by atoms with Crippen molar-refractivity contribution in [3.05, 3.63) is 35.4 Å². The molecule has 0 aromatic heterocycles. The van der Waals surface area contributed by atoms with Crippen molar-refractivity contribution >= 4 is 17.8 Å². The molecule has 1 aromatic carbocycles. The third-order valence-electron chi connectivity index (χ3n) is 7.95. The van der Waals surface area contributed by atoms with Gasteiger partial charge in [-0.05, 0) is 55.1 Å². The van der Waals surface area contributed by atoms with Crippen molar-refractivity contribution in [2.24, 2.45) is 11.8 Å². The van der Waals surface area contributed by atoms with E-state index in [0.29, 0.717) is 24.9 Å². The van der Waals surface area contributed by atoms with Crippen LogP contribution in [-0.4, -0.2) is 75.8 Å². The normalized spacial score (nSPS) is 20.8. The average molecular weight is 503 g/mol. The molecule has 3 aliphatic rings. The molecule has 0 spiro atoms. The number of carboxylic acid groups (broad SMARTS) is 2. The number of aliphatic hydroxyl groups is 1. The lowest BCUT2D eigenvalue weighted by Gasteiger charge is -2.44. The summed E-state index contributed by atoms with van der Waals surface area (Å²) >= 11 is 0. The van der Waals surface area contributed by atoms with E-state index in [0.717, 1.165) is 19.5 Å². The third-order valence-corrected chi connectivity index (χ3v) is 7.95. The van der Waals surface area contributed by atoms with Gasteiger partial charge < -0.3 is 20.2 Å². The summed E-state index contributed by atoms with van der Waals surface area (Å²) in [6.07, 6.45) is 13.9. The van der Waals surface area contributed by atoms with Crippen LogP contribution in [0.25, 0.3) is 0 Å². The summed E-state index contributed by atoms with van der Waals surface area (Å²) < 4.78 is 0. The highest BCUT2D eigenvalue weighted by Gasteiger charge is 2.37. The molecule has 4 rings (SSSR count). The van der Waals surface area contributed by atoms with E-state index in [1.165, 1.54) is 75.3 Å². The zero-order chi connectivity index (χ0) is 25.9. The molecule has 1 aliphatic heterocycles. The quantitative estimate of drug-likeness (QED) is 0.486. The van der Waals surface area contributed by atoms with E-state index in [4.69, 9.17) is 19.8 Å². The summed E-state index contributed by atoms with van der Waals surface area (Å²) in [5.41, 5.74) is 2.83. The van der Waals surface area contributed by atoms with Gasteiger partial charge in [-0.25, -0.2) is 9.59 Å². The van der Waals surface area contributed by atoms with E-state index in [9.17, 15) is 9.90 Å². The minimum atomic E-state index is -1.82. The van der Waals surface area contributed by atoms with Gasteiger partial charge in [0.2, 0.25) is 5.91 Å². The van der Waals surface area contributed by atoms with E-state index in [2.05, 4.69) is 34.1 Å². The van der Waals surface area contributed by atoms with E-state index < -0.39 is 11.9 Å². The number of hydrogen-bond donors (Lipinski definition) is 3. The SMILES string of the molecule is O=C(CN(CCO)CC1CCCCC1)N1CCc2ccccc2C1C1CCCCC1.O=C(O)C(=O)O. The Labute approximate surface area is 214 Å². The number of rotatable bonds is 7. The molecule has 0 saturated heterocycles. The molecule has 1 atom stereocenters. The van der Waals surface area contributed by atoms with Crippen LogP contribution in [0.4, 0.5) is 0 Å². The van der Waals surface area contributed by atoms with Crippen LogP contribution < -0.4 is 0 Å². The Kier molecular flexibility index (Phi) is 11.2. The zero-order valence-electron chi connectivity index (χ0n) is 21.3. The second kappa shape index (κ2) is 14.3. The van der Waals surface area contributed by atoms with Crippen LogP contribution in [0, 0.1) is 11.8 Å². The van der Waals surface area contributed by atoms with Crippen molar-refractivity contribution in [2.75, 3.05) is 32.8 Å². The summed E-state index contributed by atoms with van der Waals surface area (Å²) in [6, 6.07) is 9.05. The Bertz CT molecular complexity index is 851. The summed E-state index contributed by atoms with van der Waals surface area (Å²) in [5.74, 6) is -2.10. The van der Waals surface area contributed by atoms with E-state index >= 15 is 0 Å². The number of hydrogen-bond acceptors (Lipinski definition) is 5. The maximum absolute atomic E-state index is 13.6. The number of nitrogens with zero attached hydrogens (tertiary/aromatic N) is 2. The lowest BCUT2D eigenvalue weighted by atomic mass is 9.77. The van der Waals surface area contributed by atoms with Gasteiger partial charge in [0.15, 0.2) is 0 Å². The van der Waals surface area contributed by atoms with Crippen LogP contribution in [0.5, 0.6) is 0 Å². The highest BCUT2D eigenvalue weighted by molar-refractivity contribution is 6.27. The predicted octanol–water partition coefficient (Wildman–Crippen LogP) is 3.72. The van der Waals surface area contributed by atoms with E-state index in [1.54, 1.807) is 0 Å². The molecule has 2 aliphatic carbocycles. The summed E-state index contributed by atoms with van der Waals surface area (Å²) in [6.45, 7) is 3.01. The molecule has 0 radical (unpaired) electrons. The first-order valence-corrected chi connectivity index (χ1v) is 13.6. The Balaban J connectivity index is 0.000000538. The van der Waals surface area contributed by atoms with Crippen LogP contribution in [0.15, 0.2) is 24.3 Å². The molecular formula is C28H42N2O6. The first-order chi connectivity index (χ1) is 17.4. The molecule has 8 heteroatoms. The number of carbonyl (C=O) groups excluding carboxylic acids is 1. The Morgan fingerprint density at radius 3 is 2.11 bits per heavy atom. The molecule has 200 valence electrons. The van der Waals surface area contributed by atoms with Crippen LogP contribution in [0.1, 0.15) is 81.4 Å². The highest BCUT2D eigenvalue weighted by Crippen LogP contribution is 2.42. The standard InChI is InChI=1S/C26H40N2O2.C2H2O4/c29-18-17-27(19-21-9-3-1-4-10-21)20-25(30)28-16-15-22-11-7-8-14-24(22)26(28)23-12-5-2-6-13-23;3-1(4)2(5)6/h7-8,11,14,21,23,26,29H,1-6,9-10,12-13,15-20H2;(H,3,4)(H,5,6). The Morgan fingerprint density at radius 1 is 0.889 bits per heavy atom. The Morgan fingerprint density at radius 2 is 1.50 bits per heavy atom. The maximum atomic E-state index is 13.6. The van der Waals surface area contributed by atoms with Crippen molar-refractivity contribution in [2.45, 2.75) is 76.7 Å². The van der Waals surface area contributed by atoms with Crippen LogP contribution in [-0.2, 0) is 20.8 Å². The average Bonchev–Trinajstić information content (AvgIpc) is 2.89. The predicted molar refractivity (Wildman–Crippen MR) is 137 cm³/mol. The number of aliphatic hydroxyl groups excluding tert-OH is 1. The van der Waals surface area contributed by atoms with Crippen molar-refractivity contribution in [1.29, 1.82) is 0 Å². The molecule has 0 bridgehead atoms. The smallest absolute Gasteiger partial charge is 0.414 e. The molecule has 36 heavy (non-hydrogen) atoms. The topological polar surface area (TPSA) is 118 Å². The van der Waals surface area contributed by atoms with Crippen molar-refractivity contribution in [1.82, 2.24) is 9.80 Å². The molecule has 1 heterocycles. The van der Waals surface area contributed by atoms with Crippen molar-refractivity contribution in [3.8, 4) is 0 Å². The van der Waals surface area contributed by atoms with Gasteiger partial charge in [-0.2, -0.15) is 0 Å². The largest absolute Gasteiger partial charge is 0.473 e. The third kappa shape index (κ3) is 8.03. The van der Waals surface area contributed by atoms with Gasteiger partial charge >= 0.3 is 11.9 Å². The van der Waals surface area contributed by atoms with Crippen LogP contribution >= 0.6 is 0 Å². The summed E-state index contributed by atoms with van der Waals surface area (Å²) in [4.78, 5) is 36.2. The minimum absolute atomic E-state index is 0.134. The monoisotopic (exact) mass is 502 g/mol. The minimum Gasteiger partial charge on any atom is -0.473 e. The van der Waals surface area contributed by atoms with Gasteiger partial charge in [-0.3, -0.25) is 9.69 Å². The first kappa shape index (κ1) is 28.1. The second-order valence-electron chi connectivity index (χ2n) is 10.5. The fourth-order valence-electron chi connectivity index (χ4n) is 6.23. The van der Waals surface area contributed by atoms with Crippen molar-refractivity contribution in [3.63, 3.8) is 0 Å². The van der Waals surface area contributed by atoms with Crippen LogP contribution in [0.2, 0.25) is 0 Å². The van der Waals surface area contributed by atoms with Crippen LogP contribution in [0.3, 0.4) is 0 Å². The van der Waals surface area contributed by atoms with Gasteiger partial charge in [0, 0.05) is 19.6 Å². The van der Waals surface area contributed by atoms with Gasteiger partial charge in [0.25, 0.3) is 0 Å². The molecule has 1 unspecified atom stereocenters. The molecular weight excluding hydrogens is 460 g/mol. The summed E-state index contributed by atoms with van der Waals surface area (Å²) in [5, 5.41) is 24.4. The molecule has 2 saturated carbocycles. The molecule has 1 aromatic rings. The number of amides is 1.